The fraction of sp³-hybridized carbons (Fsp3) is 0.500. The van der Waals surface area contributed by atoms with Crippen molar-refractivity contribution in [2.75, 3.05) is 0 Å². The minimum Gasteiger partial charge on any atom is -0.393 e. The van der Waals surface area contributed by atoms with E-state index in [1.165, 1.54) is 0 Å². The number of nitrogens with one attached hydrogen (secondary N) is 1. The molecule has 3 aromatic rings. The molecule has 7 nitrogen and oxygen atoms in total. The molecule has 2 atom stereocenters. The Bertz CT molecular complexity index is 999. The van der Waals surface area contributed by atoms with Crippen molar-refractivity contribution < 1.29 is 19.5 Å². The van der Waals surface area contributed by atoms with Gasteiger partial charge in [0.2, 0.25) is 5.91 Å². The number of aromatic nitrogens is 2. The van der Waals surface area contributed by atoms with Gasteiger partial charge in [-0.2, -0.15) is 0 Å². The minimum absolute atomic E-state index is 0.181. The van der Waals surface area contributed by atoms with Crippen molar-refractivity contribution in [1.29, 1.82) is 0 Å². The van der Waals surface area contributed by atoms with E-state index in [-0.39, 0.29) is 12.0 Å². The van der Waals surface area contributed by atoms with Crippen LogP contribution in [0.15, 0.2) is 28.9 Å². The zero-order valence-electron chi connectivity index (χ0n) is 15.0. The lowest BCUT2D eigenvalue weighted by Gasteiger charge is -2.27. The van der Waals surface area contributed by atoms with Crippen LogP contribution in [0.25, 0.3) is 21.9 Å². The highest BCUT2D eigenvalue weighted by molar-refractivity contribution is 6.07. The lowest BCUT2D eigenvalue weighted by molar-refractivity contribution is -0.128. The van der Waals surface area contributed by atoms with Gasteiger partial charge in [-0.25, -0.2) is 0 Å². The molecular formula is C20H23N3O4. The summed E-state index contributed by atoms with van der Waals surface area (Å²) in [5, 5.41) is 28.2. The van der Waals surface area contributed by atoms with Crippen LogP contribution in [0.3, 0.4) is 0 Å². The molecule has 0 bridgehead atoms. The molecule has 3 N–H and O–H groups in total. The van der Waals surface area contributed by atoms with Crippen molar-refractivity contribution in [3.63, 3.8) is 0 Å². The highest BCUT2D eigenvalue weighted by Gasteiger charge is 2.33. The summed E-state index contributed by atoms with van der Waals surface area (Å²) in [6.07, 6.45) is 5.76. The number of hydrogen-bond donors (Lipinski definition) is 3. The number of aliphatic hydroxyl groups is 2. The van der Waals surface area contributed by atoms with Gasteiger partial charge in [-0.3, -0.25) is 4.79 Å². The van der Waals surface area contributed by atoms with Crippen LogP contribution >= 0.6 is 0 Å². The van der Waals surface area contributed by atoms with E-state index in [1.54, 1.807) is 0 Å². The Morgan fingerprint density at radius 2 is 1.89 bits per heavy atom. The van der Waals surface area contributed by atoms with Gasteiger partial charge in [0.15, 0.2) is 5.58 Å². The topological polar surface area (TPSA) is 101 Å². The van der Waals surface area contributed by atoms with Gasteiger partial charge in [0.1, 0.15) is 11.9 Å². The highest BCUT2D eigenvalue weighted by atomic mass is 16.5. The van der Waals surface area contributed by atoms with E-state index < -0.39 is 12.1 Å². The van der Waals surface area contributed by atoms with Gasteiger partial charge >= 0.3 is 0 Å². The molecule has 2 fully saturated rings. The first-order valence-corrected chi connectivity index (χ1v) is 9.67. The summed E-state index contributed by atoms with van der Waals surface area (Å²) >= 11 is 0. The zero-order chi connectivity index (χ0) is 18.5. The van der Waals surface area contributed by atoms with Gasteiger partial charge in [0, 0.05) is 23.1 Å². The average molecular weight is 369 g/mol. The number of piperidine rings is 1. The molecule has 0 spiro atoms. The number of nitrogens with zero attached hydrogens (tertiary/aromatic N) is 2. The molecule has 142 valence electrons. The molecule has 1 amide bonds. The van der Waals surface area contributed by atoms with Crippen LogP contribution in [0.5, 0.6) is 0 Å². The van der Waals surface area contributed by atoms with Gasteiger partial charge in [0.05, 0.1) is 17.4 Å². The predicted molar refractivity (Wildman–Crippen MR) is 99.1 cm³/mol. The van der Waals surface area contributed by atoms with Gasteiger partial charge in [0.25, 0.3) is 0 Å². The second-order valence-corrected chi connectivity index (χ2v) is 7.78. The number of benzene rings is 1. The Morgan fingerprint density at radius 1 is 1.07 bits per heavy atom. The number of fused-ring (bicyclic) bond motifs is 3. The first-order chi connectivity index (χ1) is 13.1. The largest absolute Gasteiger partial charge is 0.393 e. The number of aliphatic hydroxyl groups excluding tert-OH is 2. The summed E-state index contributed by atoms with van der Waals surface area (Å²) in [5.41, 5.74) is 2.43. The Hall–Kier alpha value is -2.38. The predicted octanol–water partition coefficient (Wildman–Crippen LogP) is 2.57. The molecule has 2 unspecified atom stereocenters. The van der Waals surface area contributed by atoms with Crippen molar-refractivity contribution in [2.24, 2.45) is 0 Å². The van der Waals surface area contributed by atoms with Crippen LogP contribution in [0.4, 0.5) is 0 Å². The van der Waals surface area contributed by atoms with Crippen LogP contribution in [0.1, 0.15) is 56.2 Å². The van der Waals surface area contributed by atoms with E-state index in [0.717, 1.165) is 42.0 Å². The van der Waals surface area contributed by atoms with E-state index in [9.17, 15) is 15.0 Å². The van der Waals surface area contributed by atoms with Crippen LogP contribution < -0.4 is 5.32 Å². The fourth-order valence-electron chi connectivity index (χ4n) is 4.65. The maximum Gasteiger partial charge on any atom is 0.231 e. The van der Waals surface area contributed by atoms with Crippen molar-refractivity contribution in [2.45, 2.75) is 62.8 Å². The molecule has 1 saturated heterocycles. The van der Waals surface area contributed by atoms with Gasteiger partial charge in [-0.1, -0.05) is 5.16 Å². The number of carbonyl (C=O) groups excluding carboxylic acids is 1. The third-order valence-corrected chi connectivity index (χ3v) is 6.11. The smallest absolute Gasteiger partial charge is 0.231 e. The molecule has 1 saturated carbocycles. The second kappa shape index (κ2) is 6.35. The molecule has 0 radical (unpaired) electrons. The lowest BCUT2D eigenvalue weighted by Crippen LogP contribution is -2.42. The molecule has 2 aliphatic rings. The molecule has 7 heteroatoms. The summed E-state index contributed by atoms with van der Waals surface area (Å²) < 4.78 is 7.80. The second-order valence-electron chi connectivity index (χ2n) is 7.78. The Kier molecular flexibility index (Phi) is 3.94. The van der Waals surface area contributed by atoms with E-state index in [2.05, 4.69) is 27.3 Å². The number of carbonyl (C=O) groups is 1. The van der Waals surface area contributed by atoms with Crippen molar-refractivity contribution in [3.05, 3.63) is 30.1 Å². The number of amides is 1. The standard InChI is InChI=1S/C20H23N3O4/c24-12-3-1-11(2-4-12)23-10-9-13-15(23)6-7-16-18(13)19(22-27-16)14-5-8-17(25)21-20(14)26/h6-7,9-12,14,17,24-25H,1-5,8H2,(H,21,26)/t11-,12+,14?,17?. The molecule has 2 aromatic heterocycles. The van der Waals surface area contributed by atoms with Crippen LogP contribution in [0, 0.1) is 0 Å². The SMILES string of the molecule is O=C1NC(O)CCC1c1noc2ccc3c(ccn3[C@H]3CC[C@@H](O)CC3)c12. The molecule has 3 heterocycles. The average Bonchev–Trinajstić information content (AvgIpc) is 3.26. The molecule has 1 aromatic carbocycles. The summed E-state index contributed by atoms with van der Waals surface area (Å²) in [5.74, 6) is -0.616. The van der Waals surface area contributed by atoms with Crippen molar-refractivity contribution >= 4 is 27.8 Å². The van der Waals surface area contributed by atoms with Crippen molar-refractivity contribution in [1.82, 2.24) is 15.0 Å². The Morgan fingerprint density at radius 3 is 2.67 bits per heavy atom. The first kappa shape index (κ1) is 16.8. The van der Waals surface area contributed by atoms with Gasteiger partial charge < -0.3 is 24.6 Å². The van der Waals surface area contributed by atoms with E-state index >= 15 is 0 Å². The van der Waals surface area contributed by atoms with Crippen molar-refractivity contribution in [3.8, 4) is 0 Å². The van der Waals surface area contributed by atoms with Crippen LogP contribution in [-0.2, 0) is 4.79 Å². The van der Waals surface area contributed by atoms with E-state index in [4.69, 9.17) is 4.52 Å². The number of hydrogen-bond acceptors (Lipinski definition) is 5. The maximum absolute atomic E-state index is 12.4. The van der Waals surface area contributed by atoms with Gasteiger partial charge in [-0.05, 0) is 56.7 Å². The first-order valence-electron chi connectivity index (χ1n) is 9.67. The summed E-state index contributed by atoms with van der Waals surface area (Å²) in [7, 11) is 0. The fourth-order valence-corrected chi connectivity index (χ4v) is 4.65. The summed E-state index contributed by atoms with van der Waals surface area (Å²) in [6, 6.07) is 6.40. The molecule has 27 heavy (non-hydrogen) atoms. The normalized spacial score (nSPS) is 29.3. The third-order valence-electron chi connectivity index (χ3n) is 6.11. The summed E-state index contributed by atoms with van der Waals surface area (Å²) in [4.78, 5) is 12.4. The molecular weight excluding hydrogens is 346 g/mol. The summed E-state index contributed by atoms with van der Waals surface area (Å²) in [6.45, 7) is 0. The zero-order valence-corrected chi connectivity index (χ0v) is 15.0. The quantitative estimate of drug-likeness (QED) is 0.645. The van der Waals surface area contributed by atoms with Crippen LogP contribution in [0.2, 0.25) is 0 Å². The van der Waals surface area contributed by atoms with E-state index in [1.807, 2.05) is 12.1 Å². The monoisotopic (exact) mass is 369 g/mol. The minimum atomic E-state index is -0.783. The molecule has 5 rings (SSSR count). The number of rotatable bonds is 2. The Balaban J connectivity index is 1.59. The Labute approximate surface area is 155 Å². The highest BCUT2D eigenvalue weighted by Crippen LogP contribution is 2.38. The van der Waals surface area contributed by atoms with E-state index in [0.29, 0.717) is 30.2 Å². The lowest BCUT2D eigenvalue weighted by atomic mass is 9.91. The molecule has 1 aliphatic heterocycles. The molecule has 1 aliphatic carbocycles. The van der Waals surface area contributed by atoms with Gasteiger partial charge in [-0.15, -0.1) is 0 Å². The third kappa shape index (κ3) is 2.73. The maximum atomic E-state index is 12.4. The van der Waals surface area contributed by atoms with Crippen LogP contribution in [-0.4, -0.2) is 38.2 Å².